The minimum absolute atomic E-state index is 0.381. The minimum atomic E-state index is -0.381. The molecule has 2 rings (SSSR count). The van der Waals surface area contributed by atoms with E-state index in [2.05, 4.69) is 17.9 Å². The number of anilines is 1. The molecule has 0 amide bonds. The maximum atomic E-state index is 9.72. The zero-order valence-electron chi connectivity index (χ0n) is 9.48. The fraction of sp³-hybridized carbons (Fsp3) is 0.538. The van der Waals surface area contributed by atoms with Crippen molar-refractivity contribution in [3.8, 4) is 0 Å². The predicted octanol–water partition coefficient (Wildman–Crippen LogP) is 2.73. The number of benzene rings is 1. The van der Waals surface area contributed by atoms with Crippen LogP contribution >= 0.6 is 0 Å². The van der Waals surface area contributed by atoms with Crippen LogP contribution in [0.5, 0.6) is 0 Å². The predicted molar refractivity (Wildman–Crippen MR) is 63.1 cm³/mol. The van der Waals surface area contributed by atoms with Crippen LogP contribution in [0.25, 0.3) is 0 Å². The van der Waals surface area contributed by atoms with Crippen LogP contribution in [0.15, 0.2) is 24.3 Å². The molecular weight excluding hydrogens is 186 g/mol. The zero-order valence-corrected chi connectivity index (χ0v) is 9.48. The Bertz CT molecular complexity index is 335. The third-order valence-corrected chi connectivity index (χ3v) is 3.25. The molecule has 1 fully saturated rings. The van der Waals surface area contributed by atoms with Gasteiger partial charge in [-0.1, -0.05) is 18.2 Å². The standard InChI is InChI=1S/C13H19NO/c1-10-6-5-9-14(10)13-8-4-3-7-12(13)11(2)15/h3-4,7-8,10-11,15H,5-6,9H2,1-2H3/t10?,11-/m1/s1. The molecule has 2 heteroatoms. The highest BCUT2D eigenvalue weighted by Gasteiger charge is 2.23. The van der Waals surface area contributed by atoms with Crippen LogP contribution in [0.2, 0.25) is 0 Å². The minimum Gasteiger partial charge on any atom is -0.389 e. The number of aliphatic hydroxyl groups excluding tert-OH is 1. The topological polar surface area (TPSA) is 23.5 Å². The molecular formula is C13H19NO. The van der Waals surface area contributed by atoms with Gasteiger partial charge in [-0.25, -0.2) is 0 Å². The lowest BCUT2D eigenvalue weighted by atomic mass is 10.1. The smallest absolute Gasteiger partial charge is 0.0781 e. The molecule has 1 aliphatic rings. The number of nitrogens with zero attached hydrogens (tertiary/aromatic N) is 1. The molecule has 1 aromatic rings. The fourth-order valence-corrected chi connectivity index (χ4v) is 2.39. The number of para-hydroxylation sites is 1. The molecule has 0 spiro atoms. The van der Waals surface area contributed by atoms with Crippen molar-refractivity contribution in [2.45, 2.75) is 38.8 Å². The van der Waals surface area contributed by atoms with Crippen molar-refractivity contribution >= 4 is 5.69 Å². The van der Waals surface area contributed by atoms with Crippen molar-refractivity contribution in [2.75, 3.05) is 11.4 Å². The highest BCUT2D eigenvalue weighted by atomic mass is 16.3. The van der Waals surface area contributed by atoms with E-state index >= 15 is 0 Å². The fourth-order valence-electron chi connectivity index (χ4n) is 2.39. The van der Waals surface area contributed by atoms with E-state index < -0.39 is 0 Å². The van der Waals surface area contributed by atoms with E-state index in [0.717, 1.165) is 12.1 Å². The molecule has 0 saturated carbocycles. The molecule has 1 N–H and O–H groups in total. The van der Waals surface area contributed by atoms with E-state index in [1.54, 1.807) is 0 Å². The Hall–Kier alpha value is -1.02. The van der Waals surface area contributed by atoms with Crippen molar-refractivity contribution in [2.24, 2.45) is 0 Å². The summed E-state index contributed by atoms with van der Waals surface area (Å²) in [7, 11) is 0. The van der Waals surface area contributed by atoms with Crippen LogP contribution in [-0.2, 0) is 0 Å². The lowest BCUT2D eigenvalue weighted by Crippen LogP contribution is -2.27. The molecule has 0 radical (unpaired) electrons. The Labute approximate surface area is 91.5 Å². The Morgan fingerprint density at radius 1 is 1.40 bits per heavy atom. The van der Waals surface area contributed by atoms with Gasteiger partial charge in [-0.2, -0.15) is 0 Å². The van der Waals surface area contributed by atoms with E-state index in [4.69, 9.17) is 0 Å². The molecule has 15 heavy (non-hydrogen) atoms. The van der Waals surface area contributed by atoms with Gasteiger partial charge in [-0.15, -0.1) is 0 Å². The van der Waals surface area contributed by atoms with Crippen LogP contribution < -0.4 is 4.90 Å². The monoisotopic (exact) mass is 205 g/mol. The van der Waals surface area contributed by atoms with Crippen LogP contribution in [0.4, 0.5) is 5.69 Å². The number of hydrogen-bond acceptors (Lipinski definition) is 2. The lowest BCUT2D eigenvalue weighted by molar-refractivity contribution is 0.199. The summed E-state index contributed by atoms with van der Waals surface area (Å²) in [5.74, 6) is 0. The summed E-state index contributed by atoms with van der Waals surface area (Å²) >= 11 is 0. The Morgan fingerprint density at radius 2 is 2.13 bits per heavy atom. The summed E-state index contributed by atoms with van der Waals surface area (Å²) in [5.41, 5.74) is 2.25. The average molecular weight is 205 g/mol. The van der Waals surface area contributed by atoms with E-state index in [0.29, 0.717) is 6.04 Å². The largest absolute Gasteiger partial charge is 0.389 e. The van der Waals surface area contributed by atoms with Crippen molar-refractivity contribution in [1.29, 1.82) is 0 Å². The van der Waals surface area contributed by atoms with E-state index in [1.165, 1.54) is 18.5 Å². The van der Waals surface area contributed by atoms with Gasteiger partial charge in [0.05, 0.1) is 6.10 Å². The quantitative estimate of drug-likeness (QED) is 0.802. The molecule has 2 nitrogen and oxygen atoms in total. The molecule has 1 unspecified atom stereocenters. The summed E-state index contributed by atoms with van der Waals surface area (Å²) in [4.78, 5) is 2.40. The SMILES string of the molecule is CC1CCCN1c1ccccc1[C@@H](C)O. The molecule has 1 aliphatic heterocycles. The molecule has 1 saturated heterocycles. The maximum absolute atomic E-state index is 9.72. The molecule has 1 heterocycles. The lowest BCUT2D eigenvalue weighted by Gasteiger charge is -2.27. The Kier molecular flexibility index (Phi) is 2.96. The van der Waals surface area contributed by atoms with Gasteiger partial charge in [-0.05, 0) is 32.8 Å². The normalized spacial score (nSPS) is 23.1. The van der Waals surface area contributed by atoms with Gasteiger partial charge in [0.1, 0.15) is 0 Å². The summed E-state index contributed by atoms with van der Waals surface area (Å²) in [6, 6.07) is 8.78. The van der Waals surface area contributed by atoms with Gasteiger partial charge in [0.25, 0.3) is 0 Å². The summed E-state index contributed by atoms with van der Waals surface area (Å²) in [5, 5.41) is 9.72. The summed E-state index contributed by atoms with van der Waals surface area (Å²) in [6.45, 7) is 5.20. The average Bonchev–Trinajstić information content (AvgIpc) is 2.64. The summed E-state index contributed by atoms with van der Waals surface area (Å²) in [6.07, 6.45) is 2.14. The first-order valence-electron chi connectivity index (χ1n) is 5.74. The third-order valence-electron chi connectivity index (χ3n) is 3.25. The highest BCUT2D eigenvalue weighted by molar-refractivity contribution is 5.55. The van der Waals surface area contributed by atoms with Crippen molar-refractivity contribution in [1.82, 2.24) is 0 Å². The van der Waals surface area contributed by atoms with Crippen LogP contribution in [0, 0.1) is 0 Å². The Morgan fingerprint density at radius 3 is 2.73 bits per heavy atom. The zero-order chi connectivity index (χ0) is 10.8. The van der Waals surface area contributed by atoms with Gasteiger partial charge in [0.15, 0.2) is 0 Å². The van der Waals surface area contributed by atoms with Crippen LogP contribution in [0.1, 0.15) is 38.4 Å². The second-order valence-corrected chi connectivity index (χ2v) is 4.42. The highest BCUT2D eigenvalue weighted by Crippen LogP contribution is 2.31. The first-order valence-corrected chi connectivity index (χ1v) is 5.74. The molecule has 0 aromatic heterocycles. The van der Waals surface area contributed by atoms with Gasteiger partial charge in [0, 0.05) is 23.8 Å². The number of hydrogen-bond donors (Lipinski definition) is 1. The maximum Gasteiger partial charge on any atom is 0.0781 e. The first kappa shape index (κ1) is 10.5. The van der Waals surface area contributed by atoms with Crippen LogP contribution in [-0.4, -0.2) is 17.7 Å². The molecule has 2 atom stereocenters. The second kappa shape index (κ2) is 4.23. The summed E-state index contributed by atoms with van der Waals surface area (Å²) < 4.78 is 0. The van der Waals surface area contributed by atoms with Crippen molar-refractivity contribution < 1.29 is 5.11 Å². The van der Waals surface area contributed by atoms with Crippen molar-refractivity contribution in [3.63, 3.8) is 0 Å². The van der Waals surface area contributed by atoms with E-state index in [9.17, 15) is 5.11 Å². The number of rotatable bonds is 2. The van der Waals surface area contributed by atoms with E-state index in [-0.39, 0.29) is 6.10 Å². The molecule has 0 bridgehead atoms. The molecule has 0 aliphatic carbocycles. The Balaban J connectivity index is 2.34. The number of aliphatic hydroxyl groups is 1. The molecule has 82 valence electrons. The van der Waals surface area contributed by atoms with Crippen molar-refractivity contribution in [3.05, 3.63) is 29.8 Å². The third kappa shape index (κ3) is 2.00. The van der Waals surface area contributed by atoms with Gasteiger partial charge < -0.3 is 10.0 Å². The van der Waals surface area contributed by atoms with Gasteiger partial charge in [0.2, 0.25) is 0 Å². The first-order chi connectivity index (χ1) is 7.20. The second-order valence-electron chi connectivity index (χ2n) is 4.42. The van der Waals surface area contributed by atoms with Gasteiger partial charge >= 0.3 is 0 Å². The van der Waals surface area contributed by atoms with Crippen LogP contribution in [0.3, 0.4) is 0 Å². The molecule has 1 aromatic carbocycles. The van der Waals surface area contributed by atoms with E-state index in [1.807, 2.05) is 25.1 Å². The van der Waals surface area contributed by atoms with Gasteiger partial charge in [-0.3, -0.25) is 0 Å².